The van der Waals surface area contributed by atoms with Crippen molar-refractivity contribution in [1.82, 2.24) is 10.6 Å². The lowest BCUT2D eigenvalue weighted by Crippen LogP contribution is -2.46. The van der Waals surface area contributed by atoms with Gasteiger partial charge in [-0.25, -0.2) is 0 Å². The third kappa shape index (κ3) is 5.06. The van der Waals surface area contributed by atoms with Crippen LogP contribution in [0.3, 0.4) is 0 Å². The van der Waals surface area contributed by atoms with Crippen molar-refractivity contribution < 1.29 is 14.7 Å². The lowest BCUT2D eigenvalue weighted by Gasteiger charge is -2.32. The average molecular weight is 318 g/mol. The molecule has 3 N–H and O–H groups in total. The summed E-state index contributed by atoms with van der Waals surface area (Å²) in [6, 6.07) is 5.45. The molecule has 0 unspecified atom stereocenters. The van der Waals surface area contributed by atoms with Gasteiger partial charge in [-0.05, 0) is 49.9 Å². The van der Waals surface area contributed by atoms with Crippen molar-refractivity contribution in [3.05, 3.63) is 34.9 Å². The van der Waals surface area contributed by atoms with Crippen LogP contribution in [-0.2, 0) is 4.79 Å². The second kappa shape index (κ2) is 7.59. The molecule has 0 aromatic heterocycles. The van der Waals surface area contributed by atoms with Gasteiger partial charge < -0.3 is 15.7 Å². The zero-order valence-corrected chi connectivity index (χ0v) is 13.9. The summed E-state index contributed by atoms with van der Waals surface area (Å²) in [5.74, 6) is -0.541. The number of benzene rings is 1. The highest BCUT2D eigenvalue weighted by atomic mass is 16.3. The van der Waals surface area contributed by atoms with E-state index < -0.39 is 5.60 Å². The normalized spacial score (nSPS) is 16.7. The van der Waals surface area contributed by atoms with Gasteiger partial charge in [0.2, 0.25) is 5.91 Å². The van der Waals surface area contributed by atoms with E-state index in [1.807, 2.05) is 26.0 Å². The SMILES string of the molecule is Cc1ccc(C(=O)NCC(=O)NCC2(O)CCCCC2)cc1C. The van der Waals surface area contributed by atoms with Gasteiger partial charge >= 0.3 is 0 Å². The van der Waals surface area contributed by atoms with E-state index in [-0.39, 0.29) is 24.9 Å². The van der Waals surface area contributed by atoms with Gasteiger partial charge in [-0.3, -0.25) is 9.59 Å². The summed E-state index contributed by atoms with van der Waals surface area (Å²) in [7, 11) is 0. The van der Waals surface area contributed by atoms with Crippen LogP contribution < -0.4 is 10.6 Å². The fraction of sp³-hybridized carbons (Fsp3) is 0.556. The van der Waals surface area contributed by atoms with Gasteiger partial charge in [-0.1, -0.05) is 25.3 Å². The van der Waals surface area contributed by atoms with Crippen LogP contribution in [0.5, 0.6) is 0 Å². The molecule has 0 heterocycles. The van der Waals surface area contributed by atoms with Gasteiger partial charge in [0.1, 0.15) is 0 Å². The van der Waals surface area contributed by atoms with Crippen LogP contribution in [0.4, 0.5) is 0 Å². The van der Waals surface area contributed by atoms with Crippen molar-refractivity contribution in [3.8, 4) is 0 Å². The molecule has 0 saturated heterocycles. The van der Waals surface area contributed by atoms with Crippen molar-refractivity contribution >= 4 is 11.8 Å². The first-order valence-corrected chi connectivity index (χ1v) is 8.24. The Morgan fingerprint density at radius 1 is 1.09 bits per heavy atom. The van der Waals surface area contributed by atoms with Gasteiger partial charge in [0.25, 0.3) is 5.91 Å². The number of carbonyl (C=O) groups excluding carboxylic acids is 2. The van der Waals surface area contributed by atoms with Crippen LogP contribution >= 0.6 is 0 Å². The molecule has 1 aromatic rings. The molecule has 1 aliphatic rings. The van der Waals surface area contributed by atoms with Crippen molar-refractivity contribution in [2.24, 2.45) is 0 Å². The lowest BCUT2D eigenvalue weighted by molar-refractivity contribution is -0.121. The van der Waals surface area contributed by atoms with E-state index in [1.54, 1.807) is 6.07 Å². The lowest BCUT2D eigenvalue weighted by atomic mass is 9.85. The van der Waals surface area contributed by atoms with E-state index in [2.05, 4.69) is 10.6 Å². The van der Waals surface area contributed by atoms with Crippen LogP contribution in [-0.4, -0.2) is 35.6 Å². The maximum atomic E-state index is 12.0. The average Bonchev–Trinajstić information content (AvgIpc) is 2.54. The Hall–Kier alpha value is -1.88. The van der Waals surface area contributed by atoms with Crippen LogP contribution in [0, 0.1) is 13.8 Å². The minimum absolute atomic E-state index is 0.0815. The molecule has 1 aliphatic carbocycles. The highest BCUT2D eigenvalue weighted by Gasteiger charge is 2.29. The maximum absolute atomic E-state index is 12.0. The van der Waals surface area contributed by atoms with E-state index in [1.165, 1.54) is 0 Å². The summed E-state index contributed by atoms with van der Waals surface area (Å²) in [6.07, 6.45) is 4.58. The van der Waals surface area contributed by atoms with Crippen molar-refractivity contribution in [2.45, 2.75) is 51.6 Å². The number of hydrogen-bond acceptors (Lipinski definition) is 3. The number of aryl methyl sites for hydroxylation is 2. The van der Waals surface area contributed by atoms with Gasteiger partial charge in [-0.2, -0.15) is 0 Å². The zero-order valence-electron chi connectivity index (χ0n) is 13.9. The molecule has 1 fully saturated rings. The van der Waals surface area contributed by atoms with E-state index in [4.69, 9.17) is 0 Å². The first-order valence-electron chi connectivity index (χ1n) is 8.24. The van der Waals surface area contributed by atoms with Crippen molar-refractivity contribution in [1.29, 1.82) is 0 Å². The summed E-state index contributed by atoms with van der Waals surface area (Å²) < 4.78 is 0. The van der Waals surface area contributed by atoms with Gasteiger partial charge in [-0.15, -0.1) is 0 Å². The molecule has 0 atom stereocenters. The van der Waals surface area contributed by atoms with E-state index >= 15 is 0 Å². The second-order valence-corrected chi connectivity index (χ2v) is 6.54. The van der Waals surface area contributed by atoms with Crippen LogP contribution in [0.1, 0.15) is 53.6 Å². The highest BCUT2D eigenvalue weighted by Crippen LogP contribution is 2.27. The largest absolute Gasteiger partial charge is 0.388 e. The summed E-state index contributed by atoms with van der Waals surface area (Å²) in [5, 5.41) is 15.7. The molecular formula is C18H26N2O3. The fourth-order valence-corrected chi connectivity index (χ4v) is 2.86. The number of nitrogens with one attached hydrogen (secondary N) is 2. The Morgan fingerprint density at radius 3 is 2.43 bits per heavy atom. The smallest absolute Gasteiger partial charge is 0.251 e. The molecule has 0 radical (unpaired) electrons. The number of carbonyl (C=O) groups is 2. The minimum Gasteiger partial charge on any atom is -0.388 e. The first-order chi connectivity index (χ1) is 10.9. The molecular weight excluding hydrogens is 292 g/mol. The molecule has 23 heavy (non-hydrogen) atoms. The standard InChI is InChI=1S/C18H26N2O3/c1-13-6-7-15(10-14(13)2)17(22)19-11-16(21)20-12-18(23)8-4-3-5-9-18/h6-7,10,23H,3-5,8-9,11-12H2,1-2H3,(H,19,22)(H,20,21). The predicted octanol–water partition coefficient (Wildman–Crippen LogP) is 1.84. The Labute approximate surface area is 137 Å². The summed E-state index contributed by atoms with van der Waals surface area (Å²) >= 11 is 0. The quantitative estimate of drug-likeness (QED) is 0.775. The topological polar surface area (TPSA) is 78.4 Å². The van der Waals surface area contributed by atoms with Gasteiger partial charge in [0.05, 0.1) is 12.1 Å². The Bertz CT molecular complexity index is 578. The number of rotatable bonds is 5. The summed E-state index contributed by atoms with van der Waals surface area (Å²) in [6.45, 7) is 4.11. The maximum Gasteiger partial charge on any atom is 0.251 e. The van der Waals surface area contributed by atoms with Gasteiger partial charge in [0.15, 0.2) is 0 Å². The van der Waals surface area contributed by atoms with E-state index in [0.717, 1.165) is 43.2 Å². The molecule has 5 heteroatoms. The van der Waals surface area contributed by atoms with E-state index in [9.17, 15) is 14.7 Å². The molecule has 0 spiro atoms. The molecule has 126 valence electrons. The predicted molar refractivity (Wildman–Crippen MR) is 89.3 cm³/mol. The zero-order chi connectivity index (χ0) is 16.9. The highest BCUT2D eigenvalue weighted by molar-refractivity contribution is 5.96. The van der Waals surface area contributed by atoms with Crippen molar-refractivity contribution in [2.75, 3.05) is 13.1 Å². The summed E-state index contributed by atoms with van der Waals surface area (Å²) in [4.78, 5) is 23.9. The second-order valence-electron chi connectivity index (χ2n) is 6.54. The molecule has 2 rings (SSSR count). The van der Waals surface area contributed by atoms with Crippen LogP contribution in [0.15, 0.2) is 18.2 Å². The Morgan fingerprint density at radius 2 is 1.78 bits per heavy atom. The third-order valence-electron chi connectivity index (χ3n) is 4.58. The number of aliphatic hydroxyl groups is 1. The van der Waals surface area contributed by atoms with E-state index in [0.29, 0.717) is 5.56 Å². The van der Waals surface area contributed by atoms with Crippen molar-refractivity contribution in [3.63, 3.8) is 0 Å². The fourth-order valence-electron chi connectivity index (χ4n) is 2.86. The molecule has 1 saturated carbocycles. The third-order valence-corrected chi connectivity index (χ3v) is 4.58. The first kappa shape index (κ1) is 17.5. The van der Waals surface area contributed by atoms with Crippen LogP contribution in [0.25, 0.3) is 0 Å². The molecule has 1 aromatic carbocycles. The molecule has 0 bridgehead atoms. The Kier molecular flexibility index (Phi) is 5.77. The molecule has 2 amide bonds. The summed E-state index contributed by atoms with van der Waals surface area (Å²) in [5.41, 5.74) is 1.93. The Balaban J connectivity index is 1.77. The molecule has 0 aliphatic heterocycles. The minimum atomic E-state index is -0.786. The van der Waals surface area contributed by atoms with Crippen LogP contribution in [0.2, 0.25) is 0 Å². The number of hydrogen-bond donors (Lipinski definition) is 3. The monoisotopic (exact) mass is 318 g/mol. The van der Waals surface area contributed by atoms with Gasteiger partial charge in [0, 0.05) is 12.1 Å². The number of amides is 2. The molecule has 5 nitrogen and oxygen atoms in total.